The number of benzene rings is 1. The van der Waals surface area contributed by atoms with Gasteiger partial charge in [-0.1, -0.05) is 40.3 Å². The minimum atomic E-state index is -3.71. The van der Waals surface area contributed by atoms with E-state index in [-0.39, 0.29) is 50.1 Å². The molecule has 1 unspecified atom stereocenters. The monoisotopic (exact) mass is 918 g/mol. The van der Waals surface area contributed by atoms with Gasteiger partial charge in [-0.25, -0.2) is 13.8 Å². The van der Waals surface area contributed by atoms with Crippen molar-refractivity contribution < 1.29 is 37.1 Å². The molecule has 6 atom stereocenters. The van der Waals surface area contributed by atoms with Gasteiger partial charge in [-0.3, -0.25) is 34.2 Å². The molecule has 0 radical (unpaired) electrons. The highest BCUT2D eigenvalue weighted by Crippen LogP contribution is 2.42. The van der Waals surface area contributed by atoms with Crippen LogP contribution in [0, 0.1) is 17.3 Å². The highest BCUT2D eigenvalue weighted by molar-refractivity contribution is 8.14. The lowest BCUT2D eigenvalue weighted by molar-refractivity contribution is -0.155. The predicted molar refractivity (Wildman–Crippen MR) is 247 cm³/mol. The molecule has 6 heterocycles. The Hall–Kier alpha value is -4.62. The standard InChI is InChI=1S/C46H62N8O8S2/c1-10-64(59,60)53-20-17-30(24-53)43(56)52(8)40(27(2)3)42(55)49-35-22-38-48-36(25-63-38)29-15-16-37-32(21-29)33(41(51(37)7)31-13-11-18-47-39(31)28(4)61-9)23-46(5,6)26-62-45(58)34-14-12-19-54(50-34)44(35)57/h10-11,13,15-16,18,21,27-28,30,34-36,40,50H,1,12,14,17,19-20,22-26H2,2-9H3,(H,49,55)/t28-,30-,34-,35-,36?,40-/m0/s1. The Labute approximate surface area is 380 Å². The zero-order valence-electron chi connectivity index (χ0n) is 38.1. The number of aliphatic imine (C=N–C) groups is 1. The predicted octanol–water partition coefficient (Wildman–Crippen LogP) is 4.91. The second-order valence-electron chi connectivity index (χ2n) is 18.5. The number of sulfonamides is 1. The zero-order chi connectivity index (χ0) is 46.2. The van der Waals surface area contributed by atoms with Crippen molar-refractivity contribution in [3.05, 3.63) is 65.3 Å². The number of aromatic nitrogens is 2. The minimum absolute atomic E-state index is 0.0101. The number of carbonyl (C=O) groups is 4. The van der Waals surface area contributed by atoms with Gasteiger partial charge in [0.1, 0.15) is 18.1 Å². The summed E-state index contributed by atoms with van der Waals surface area (Å²) in [5, 5.41) is 7.03. The minimum Gasteiger partial charge on any atom is -0.464 e. The van der Waals surface area contributed by atoms with Crippen LogP contribution in [-0.4, -0.2) is 125 Å². The number of hydrogen-bond acceptors (Lipinski definition) is 12. The van der Waals surface area contributed by atoms with Crippen LogP contribution in [0.4, 0.5) is 0 Å². The van der Waals surface area contributed by atoms with E-state index in [1.807, 2.05) is 26.8 Å². The topological polar surface area (TPSA) is 185 Å². The molecule has 4 aliphatic rings. The first-order chi connectivity index (χ1) is 30.3. The fourth-order valence-electron chi connectivity index (χ4n) is 9.48. The molecule has 346 valence electrons. The van der Waals surface area contributed by atoms with Crippen LogP contribution in [0.2, 0.25) is 0 Å². The molecule has 6 bridgehead atoms. The molecule has 0 aliphatic carbocycles. The highest BCUT2D eigenvalue weighted by Gasteiger charge is 2.42. The normalized spacial score (nSPS) is 24.2. The molecular formula is C46H62N8O8S2. The zero-order valence-corrected chi connectivity index (χ0v) is 39.8. The lowest BCUT2D eigenvalue weighted by Gasteiger charge is -2.37. The molecule has 3 amide bonds. The number of nitrogens with zero attached hydrogens (tertiary/aromatic N) is 6. The first-order valence-corrected chi connectivity index (χ1v) is 24.6. The van der Waals surface area contributed by atoms with Gasteiger partial charge in [-0.15, -0.1) is 11.8 Å². The maximum Gasteiger partial charge on any atom is 0.324 e. The van der Waals surface area contributed by atoms with Crippen LogP contribution in [0.1, 0.15) is 89.3 Å². The molecule has 18 heteroatoms. The average Bonchev–Trinajstić information content (AvgIpc) is 4.03. The van der Waals surface area contributed by atoms with Crippen molar-refractivity contribution in [3.63, 3.8) is 0 Å². The number of amides is 3. The molecule has 2 aromatic heterocycles. The van der Waals surface area contributed by atoms with Gasteiger partial charge in [0.25, 0.3) is 5.91 Å². The summed E-state index contributed by atoms with van der Waals surface area (Å²) in [6.45, 7) is 13.8. The van der Waals surface area contributed by atoms with Gasteiger partial charge in [0.15, 0.2) is 0 Å². The van der Waals surface area contributed by atoms with E-state index < -0.39 is 57.3 Å². The number of likely N-dealkylation sites (N-methyl/N-ethyl adjacent to an activating group) is 1. The second-order valence-corrected chi connectivity index (χ2v) is 21.5. The summed E-state index contributed by atoms with van der Waals surface area (Å²) < 4.78 is 40.2. The molecule has 2 N–H and O–H groups in total. The molecule has 16 nitrogen and oxygen atoms in total. The summed E-state index contributed by atoms with van der Waals surface area (Å²) >= 11 is 1.54. The maximum atomic E-state index is 14.6. The van der Waals surface area contributed by atoms with Crippen LogP contribution in [0.5, 0.6) is 0 Å². The highest BCUT2D eigenvalue weighted by atomic mass is 32.2. The van der Waals surface area contributed by atoms with Gasteiger partial charge in [0.2, 0.25) is 21.8 Å². The molecule has 1 aromatic carbocycles. The number of methoxy groups -OCH3 is 1. The summed E-state index contributed by atoms with van der Waals surface area (Å²) in [6.07, 6.45) is 3.49. The average molecular weight is 919 g/mol. The number of ether oxygens (including phenoxy) is 2. The van der Waals surface area contributed by atoms with Crippen LogP contribution in [0.25, 0.3) is 22.2 Å². The third kappa shape index (κ3) is 9.66. The lowest BCUT2D eigenvalue weighted by Crippen LogP contribution is -2.62. The summed E-state index contributed by atoms with van der Waals surface area (Å²) in [5.74, 6) is -2.15. The van der Waals surface area contributed by atoms with Gasteiger partial charge in [0.05, 0.1) is 41.1 Å². The SMILES string of the molecule is C=CS(=O)(=O)N1CC[C@H](C(=O)N(C)[C@H](C(=O)N[C@H]2CC3=NC(CS3)c3ccc4c(c3)c(c(-c3cccnc3[C@H](C)OC)n4C)CC(C)(C)COC(=O)[C@@H]3CCCN(N3)C2=O)C(C)C)C1. The van der Waals surface area contributed by atoms with E-state index in [1.165, 1.54) is 14.2 Å². The third-order valence-electron chi connectivity index (χ3n) is 13.0. The maximum absolute atomic E-state index is 14.6. The third-order valence-corrected chi connectivity index (χ3v) is 15.5. The van der Waals surface area contributed by atoms with Crippen LogP contribution >= 0.6 is 11.8 Å². The van der Waals surface area contributed by atoms with E-state index in [9.17, 15) is 27.6 Å². The number of aryl methyl sites for hydroxylation is 1. The van der Waals surface area contributed by atoms with Crippen molar-refractivity contribution >= 4 is 61.4 Å². The number of rotatable bonds is 10. The lowest BCUT2D eigenvalue weighted by atomic mass is 9.84. The Morgan fingerprint density at radius 3 is 2.64 bits per heavy atom. The van der Waals surface area contributed by atoms with Gasteiger partial charge in [0, 0.05) is 86.5 Å². The van der Waals surface area contributed by atoms with Gasteiger partial charge in [-0.05, 0) is 73.9 Å². The van der Waals surface area contributed by atoms with Gasteiger partial charge >= 0.3 is 5.97 Å². The van der Waals surface area contributed by atoms with Crippen molar-refractivity contribution in [2.45, 2.75) is 97.0 Å². The van der Waals surface area contributed by atoms with Gasteiger partial charge < -0.3 is 24.3 Å². The first kappa shape index (κ1) is 47.3. The van der Waals surface area contributed by atoms with Crippen LogP contribution in [0.3, 0.4) is 0 Å². The van der Waals surface area contributed by atoms with Crippen molar-refractivity contribution in [1.82, 2.24) is 34.5 Å². The summed E-state index contributed by atoms with van der Waals surface area (Å²) in [4.78, 5) is 68.0. The van der Waals surface area contributed by atoms with Crippen LogP contribution < -0.4 is 10.7 Å². The van der Waals surface area contributed by atoms with Crippen LogP contribution in [-0.2, 0) is 52.1 Å². The Kier molecular flexibility index (Phi) is 14.1. The number of esters is 1. The number of hydrazine groups is 1. The summed E-state index contributed by atoms with van der Waals surface area (Å²) in [5.41, 5.74) is 8.54. The van der Waals surface area contributed by atoms with Crippen molar-refractivity contribution in [2.24, 2.45) is 29.3 Å². The summed E-state index contributed by atoms with van der Waals surface area (Å²) in [7, 11) is 1.57. The molecule has 3 aromatic rings. The summed E-state index contributed by atoms with van der Waals surface area (Å²) in [6, 6.07) is 7.36. The second kappa shape index (κ2) is 19.1. The number of hydrogen-bond donors (Lipinski definition) is 2. The molecule has 0 spiro atoms. The largest absolute Gasteiger partial charge is 0.464 e. The smallest absolute Gasteiger partial charge is 0.324 e. The Morgan fingerprint density at radius 2 is 1.92 bits per heavy atom. The molecule has 4 aliphatic heterocycles. The quantitative estimate of drug-likeness (QED) is 0.264. The molecule has 2 fully saturated rings. The number of nitrogens with one attached hydrogen (secondary N) is 2. The Balaban J connectivity index is 1.24. The van der Waals surface area contributed by atoms with E-state index in [1.54, 1.807) is 32.1 Å². The van der Waals surface area contributed by atoms with E-state index in [0.717, 1.165) is 44.4 Å². The first-order valence-electron chi connectivity index (χ1n) is 22.1. The Bertz CT molecular complexity index is 2450. The molecular weight excluding hydrogens is 857 g/mol. The Morgan fingerprint density at radius 1 is 1.16 bits per heavy atom. The number of carbonyl (C=O) groups excluding carboxylic acids is 4. The molecule has 0 saturated carbocycles. The number of fused-ring (bicyclic) bond motifs is 5. The van der Waals surface area contributed by atoms with Crippen molar-refractivity contribution in [1.29, 1.82) is 0 Å². The molecule has 64 heavy (non-hydrogen) atoms. The van der Waals surface area contributed by atoms with E-state index in [4.69, 9.17) is 19.5 Å². The van der Waals surface area contributed by atoms with Crippen LogP contribution in [0.15, 0.2) is 53.5 Å². The fourth-order valence-corrected chi connectivity index (χ4v) is 11.5. The molecule has 7 rings (SSSR count). The van der Waals surface area contributed by atoms with Crippen molar-refractivity contribution in [2.75, 3.05) is 46.2 Å². The van der Waals surface area contributed by atoms with Gasteiger partial charge in [-0.2, -0.15) is 4.31 Å². The number of pyridine rings is 1. The van der Waals surface area contributed by atoms with E-state index >= 15 is 0 Å². The number of thioether (sulfide) groups is 1. The van der Waals surface area contributed by atoms with E-state index in [0.29, 0.717) is 43.0 Å². The molecule has 2 saturated heterocycles. The van der Waals surface area contributed by atoms with E-state index in [2.05, 4.69) is 67.0 Å². The number of cyclic esters (lactones) is 1. The fraction of sp³-hybridized carbons (Fsp3) is 0.565. The van der Waals surface area contributed by atoms with Crippen molar-refractivity contribution in [3.8, 4) is 11.3 Å².